The normalized spacial score (nSPS) is 18.8. The van der Waals surface area contributed by atoms with E-state index in [4.69, 9.17) is 0 Å². The molecule has 0 unspecified atom stereocenters. The summed E-state index contributed by atoms with van der Waals surface area (Å²) < 4.78 is 1.72. The van der Waals surface area contributed by atoms with Crippen molar-refractivity contribution in [2.24, 2.45) is 5.92 Å². The Hall–Kier alpha value is -3.58. The number of benzene rings is 2. The first-order valence-corrected chi connectivity index (χ1v) is 9.94. The molecule has 1 fully saturated rings. The summed E-state index contributed by atoms with van der Waals surface area (Å²) in [5.74, 6) is -0.123. The molecule has 0 bridgehead atoms. The van der Waals surface area contributed by atoms with Gasteiger partial charge in [-0.2, -0.15) is 0 Å². The molecule has 2 aromatic heterocycles. The van der Waals surface area contributed by atoms with Crippen molar-refractivity contribution in [1.82, 2.24) is 24.6 Å². The molecule has 7 heteroatoms. The van der Waals surface area contributed by atoms with Gasteiger partial charge in [-0.15, -0.1) is 10.2 Å². The van der Waals surface area contributed by atoms with Crippen LogP contribution in [0.3, 0.4) is 0 Å². The van der Waals surface area contributed by atoms with Crippen molar-refractivity contribution in [2.75, 3.05) is 13.1 Å². The maximum Gasteiger partial charge on any atom is 0.256 e. The summed E-state index contributed by atoms with van der Waals surface area (Å²) in [5.41, 5.74) is 3.38. The second-order valence-electron chi connectivity index (χ2n) is 7.62. The number of carbonyl (C=O) groups excluding carboxylic acids is 1. The van der Waals surface area contributed by atoms with E-state index in [-0.39, 0.29) is 11.8 Å². The lowest BCUT2D eigenvalue weighted by atomic mass is 9.94. The van der Waals surface area contributed by atoms with Crippen LogP contribution in [0.4, 0.5) is 0 Å². The van der Waals surface area contributed by atoms with Crippen molar-refractivity contribution in [3.63, 3.8) is 0 Å². The molecule has 1 N–H and O–H groups in total. The Morgan fingerprint density at radius 1 is 1.00 bits per heavy atom. The van der Waals surface area contributed by atoms with E-state index in [1.54, 1.807) is 34.4 Å². The third-order valence-corrected chi connectivity index (χ3v) is 5.75. The Kier molecular flexibility index (Phi) is 4.72. The number of hydrogen-bond donors (Lipinski definition) is 1. The molecule has 150 valence electrons. The minimum Gasteiger partial charge on any atom is -0.391 e. The summed E-state index contributed by atoms with van der Waals surface area (Å²) >= 11 is 0. The highest BCUT2D eigenvalue weighted by atomic mass is 16.3. The highest BCUT2D eigenvalue weighted by Gasteiger charge is 2.35. The standard InChI is InChI=1S/C23H21N5O2/c29-22-13-27(23(30)19-6-2-4-8-21(19)28-14-25-26-15-28)12-17(22)11-16-9-10-24-20-7-3-1-5-18(16)20/h1-10,14-15,17,22,29H,11-13H2/t17-,22-/m1/s1. The maximum atomic E-state index is 13.3. The van der Waals surface area contributed by atoms with Crippen molar-refractivity contribution in [3.8, 4) is 5.69 Å². The molecule has 0 radical (unpaired) electrons. The summed E-state index contributed by atoms with van der Waals surface area (Å²) in [4.78, 5) is 19.4. The van der Waals surface area contributed by atoms with Crippen LogP contribution >= 0.6 is 0 Å². The number of fused-ring (bicyclic) bond motifs is 1. The second kappa shape index (κ2) is 7.68. The number of likely N-dealkylation sites (tertiary alicyclic amines) is 1. The van der Waals surface area contributed by atoms with E-state index >= 15 is 0 Å². The number of pyridine rings is 1. The molecule has 1 aliphatic heterocycles. The zero-order chi connectivity index (χ0) is 20.5. The smallest absolute Gasteiger partial charge is 0.256 e. The van der Waals surface area contributed by atoms with Gasteiger partial charge >= 0.3 is 0 Å². The first kappa shape index (κ1) is 18.4. The zero-order valence-corrected chi connectivity index (χ0v) is 16.3. The van der Waals surface area contributed by atoms with Crippen molar-refractivity contribution in [1.29, 1.82) is 0 Å². The van der Waals surface area contributed by atoms with E-state index in [0.717, 1.165) is 22.2 Å². The molecule has 7 nitrogen and oxygen atoms in total. The van der Waals surface area contributed by atoms with Gasteiger partial charge in [-0.05, 0) is 36.2 Å². The number of aromatic nitrogens is 4. The second-order valence-corrected chi connectivity index (χ2v) is 7.62. The van der Waals surface area contributed by atoms with Crippen LogP contribution < -0.4 is 0 Å². The largest absolute Gasteiger partial charge is 0.391 e. The van der Waals surface area contributed by atoms with Crippen LogP contribution in [-0.2, 0) is 6.42 Å². The molecular formula is C23H21N5O2. The number of hydrogen-bond acceptors (Lipinski definition) is 5. The number of rotatable bonds is 4. The third kappa shape index (κ3) is 3.33. The molecular weight excluding hydrogens is 378 g/mol. The van der Waals surface area contributed by atoms with Gasteiger partial charge in [0.15, 0.2) is 0 Å². The summed E-state index contributed by atoms with van der Waals surface area (Å²) in [6, 6.07) is 17.4. The monoisotopic (exact) mass is 399 g/mol. The average Bonchev–Trinajstić information content (AvgIpc) is 3.44. The van der Waals surface area contributed by atoms with Crippen LogP contribution in [0, 0.1) is 5.92 Å². The van der Waals surface area contributed by atoms with Crippen LogP contribution in [0.1, 0.15) is 15.9 Å². The topological polar surface area (TPSA) is 84.1 Å². The lowest BCUT2D eigenvalue weighted by Gasteiger charge is -2.18. The molecule has 0 aliphatic carbocycles. The Balaban J connectivity index is 1.38. The molecule has 4 aromatic rings. The summed E-state index contributed by atoms with van der Waals surface area (Å²) in [6.45, 7) is 0.830. The lowest BCUT2D eigenvalue weighted by molar-refractivity contribution is 0.0764. The van der Waals surface area contributed by atoms with E-state index in [2.05, 4.69) is 21.2 Å². The molecule has 3 heterocycles. The Labute approximate surface area is 173 Å². The van der Waals surface area contributed by atoms with Gasteiger partial charge in [0.25, 0.3) is 5.91 Å². The SMILES string of the molecule is O=C(c1ccccc1-n1cnnc1)N1C[C@@H](Cc2ccnc3ccccc23)[C@H](O)C1. The van der Waals surface area contributed by atoms with Crippen molar-refractivity contribution < 1.29 is 9.90 Å². The third-order valence-electron chi connectivity index (χ3n) is 5.75. The number of aliphatic hydroxyl groups excluding tert-OH is 1. The number of aliphatic hydroxyl groups is 1. The predicted molar refractivity (Wildman–Crippen MR) is 112 cm³/mol. The van der Waals surface area contributed by atoms with E-state index in [0.29, 0.717) is 25.1 Å². The molecule has 2 atom stereocenters. The summed E-state index contributed by atoms with van der Waals surface area (Å²) in [7, 11) is 0. The van der Waals surface area contributed by atoms with Crippen molar-refractivity contribution in [3.05, 3.63) is 84.6 Å². The minimum atomic E-state index is -0.567. The molecule has 30 heavy (non-hydrogen) atoms. The molecule has 0 saturated carbocycles. The first-order chi connectivity index (χ1) is 14.7. The molecule has 5 rings (SSSR count). The van der Waals surface area contributed by atoms with Crippen LogP contribution in [-0.4, -0.2) is 54.9 Å². The molecule has 1 amide bonds. The van der Waals surface area contributed by atoms with Gasteiger partial charge < -0.3 is 10.0 Å². The van der Waals surface area contributed by atoms with Gasteiger partial charge in [-0.3, -0.25) is 14.3 Å². The minimum absolute atomic E-state index is 0.0261. The average molecular weight is 399 g/mol. The van der Waals surface area contributed by atoms with E-state index in [1.807, 2.05) is 42.5 Å². The Morgan fingerprint density at radius 2 is 1.77 bits per heavy atom. The van der Waals surface area contributed by atoms with E-state index in [9.17, 15) is 9.90 Å². The van der Waals surface area contributed by atoms with Gasteiger partial charge in [0.05, 0.1) is 22.9 Å². The summed E-state index contributed by atoms with van der Waals surface area (Å²) in [6.07, 6.45) is 5.08. The highest BCUT2D eigenvalue weighted by molar-refractivity contribution is 5.98. The van der Waals surface area contributed by atoms with Gasteiger partial charge in [-0.25, -0.2) is 0 Å². The fourth-order valence-corrected chi connectivity index (χ4v) is 4.21. The lowest BCUT2D eigenvalue weighted by Crippen LogP contribution is -2.30. The number of β-amino-alcohol motifs (C(OH)–C–C–N with tert-alkyl or cyclic N) is 1. The number of carbonyl (C=O) groups is 1. The Morgan fingerprint density at radius 3 is 2.63 bits per heavy atom. The van der Waals surface area contributed by atoms with Gasteiger partial charge in [0.2, 0.25) is 0 Å². The van der Waals surface area contributed by atoms with Crippen LogP contribution in [0.5, 0.6) is 0 Å². The fraction of sp³-hybridized carbons (Fsp3) is 0.217. The van der Waals surface area contributed by atoms with Crippen LogP contribution in [0.25, 0.3) is 16.6 Å². The maximum absolute atomic E-state index is 13.3. The Bertz CT molecular complexity index is 1190. The van der Waals surface area contributed by atoms with Crippen LogP contribution in [0.2, 0.25) is 0 Å². The van der Waals surface area contributed by atoms with E-state index < -0.39 is 6.10 Å². The summed E-state index contributed by atoms with van der Waals surface area (Å²) in [5, 5.41) is 19.5. The van der Waals surface area contributed by atoms with Gasteiger partial charge in [0.1, 0.15) is 12.7 Å². The quantitative estimate of drug-likeness (QED) is 0.570. The zero-order valence-electron chi connectivity index (χ0n) is 16.3. The molecule has 2 aromatic carbocycles. The van der Waals surface area contributed by atoms with E-state index in [1.165, 1.54) is 0 Å². The highest BCUT2D eigenvalue weighted by Crippen LogP contribution is 2.27. The first-order valence-electron chi connectivity index (χ1n) is 9.94. The van der Waals surface area contributed by atoms with Gasteiger partial charge in [0, 0.05) is 30.6 Å². The van der Waals surface area contributed by atoms with Crippen molar-refractivity contribution in [2.45, 2.75) is 12.5 Å². The van der Waals surface area contributed by atoms with Gasteiger partial charge in [-0.1, -0.05) is 30.3 Å². The predicted octanol–water partition coefficient (Wildman–Crippen LogP) is 2.49. The number of para-hydroxylation sites is 2. The fourth-order valence-electron chi connectivity index (χ4n) is 4.21. The molecule has 1 saturated heterocycles. The number of amides is 1. The van der Waals surface area contributed by atoms with Crippen molar-refractivity contribution >= 4 is 16.8 Å². The van der Waals surface area contributed by atoms with Crippen LogP contribution in [0.15, 0.2) is 73.4 Å². The molecule has 1 aliphatic rings. The molecule has 0 spiro atoms. The number of nitrogens with zero attached hydrogens (tertiary/aromatic N) is 5.